The molecule has 0 aliphatic carbocycles. The van der Waals surface area contributed by atoms with Crippen LogP contribution in [0, 0.1) is 0 Å². The molecule has 2 rings (SSSR count). The molecule has 5 nitrogen and oxygen atoms in total. The molecule has 1 aromatic carbocycles. The average Bonchev–Trinajstić information content (AvgIpc) is 2.45. The van der Waals surface area contributed by atoms with Gasteiger partial charge in [0.1, 0.15) is 13.1 Å². The highest BCUT2D eigenvalue weighted by molar-refractivity contribution is 5.94. The maximum absolute atomic E-state index is 11.8. The Morgan fingerprint density at radius 3 is 2.63 bits per heavy atom. The van der Waals surface area contributed by atoms with Crippen LogP contribution in [0.3, 0.4) is 0 Å². The van der Waals surface area contributed by atoms with E-state index in [0.717, 1.165) is 39.3 Å². The van der Waals surface area contributed by atoms with E-state index < -0.39 is 0 Å². The Labute approximate surface area is 113 Å². The summed E-state index contributed by atoms with van der Waals surface area (Å²) in [5, 5.41) is 2.93. The van der Waals surface area contributed by atoms with Gasteiger partial charge in [-0.05, 0) is 24.3 Å². The molecule has 1 amide bonds. The highest BCUT2D eigenvalue weighted by atomic mass is 16.5. The van der Waals surface area contributed by atoms with E-state index in [1.807, 2.05) is 0 Å². The molecule has 5 heteroatoms. The minimum Gasteiger partial charge on any atom is -0.399 e. The number of carbonyl (C=O) groups is 1. The molecule has 4 N–H and O–H groups in total. The van der Waals surface area contributed by atoms with Crippen molar-refractivity contribution in [2.45, 2.75) is 6.42 Å². The van der Waals surface area contributed by atoms with Gasteiger partial charge < -0.3 is 20.7 Å². The van der Waals surface area contributed by atoms with Crippen molar-refractivity contribution in [2.24, 2.45) is 0 Å². The molecule has 0 spiro atoms. The number of nitrogens with one attached hydrogen (secondary N) is 2. The zero-order valence-electron chi connectivity index (χ0n) is 11.2. The number of morpholine rings is 1. The maximum atomic E-state index is 11.8. The van der Waals surface area contributed by atoms with Crippen LogP contribution in [-0.4, -0.2) is 45.3 Å². The van der Waals surface area contributed by atoms with Crippen LogP contribution in [0.2, 0.25) is 0 Å². The normalized spacial score (nSPS) is 16.2. The van der Waals surface area contributed by atoms with Crippen molar-refractivity contribution in [1.82, 2.24) is 5.32 Å². The highest BCUT2D eigenvalue weighted by Gasteiger charge is 2.13. The van der Waals surface area contributed by atoms with E-state index in [4.69, 9.17) is 10.5 Å². The summed E-state index contributed by atoms with van der Waals surface area (Å²) in [5.74, 6) is -0.0306. The number of rotatable bonds is 5. The molecule has 0 unspecified atom stereocenters. The third-order valence-corrected chi connectivity index (χ3v) is 3.37. The second-order valence-corrected chi connectivity index (χ2v) is 4.84. The van der Waals surface area contributed by atoms with Crippen molar-refractivity contribution < 1.29 is 14.4 Å². The summed E-state index contributed by atoms with van der Waals surface area (Å²) in [6.45, 7) is 5.66. The van der Waals surface area contributed by atoms with E-state index in [-0.39, 0.29) is 5.91 Å². The number of hydrogen-bond donors (Lipinski definition) is 3. The number of nitrogen functional groups attached to an aromatic ring is 1. The molecule has 1 fully saturated rings. The third-order valence-electron chi connectivity index (χ3n) is 3.37. The molecule has 0 radical (unpaired) electrons. The summed E-state index contributed by atoms with van der Waals surface area (Å²) < 4.78 is 5.31. The smallest absolute Gasteiger partial charge is 0.251 e. The van der Waals surface area contributed by atoms with E-state index in [0.29, 0.717) is 17.8 Å². The van der Waals surface area contributed by atoms with Crippen LogP contribution in [0.5, 0.6) is 0 Å². The Kier molecular flexibility index (Phi) is 5.18. The Balaban J connectivity index is 1.64. The van der Waals surface area contributed by atoms with Gasteiger partial charge in [0.2, 0.25) is 0 Å². The summed E-state index contributed by atoms with van der Waals surface area (Å²) in [7, 11) is 0. The molecule has 0 saturated carbocycles. The lowest BCUT2D eigenvalue weighted by molar-refractivity contribution is -0.908. The predicted molar refractivity (Wildman–Crippen MR) is 74.2 cm³/mol. The zero-order valence-corrected chi connectivity index (χ0v) is 11.2. The van der Waals surface area contributed by atoms with Gasteiger partial charge in [0.05, 0.1) is 19.8 Å². The standard InChI is InChI=1S/C14H21N3O2/c15-13-4-2-12(3-5-13)14(18)16-6-1-7-17-8-10-19-11-9-17/h2-5H,1,6-11,15H2,(H,16,18)/p+1. The fourth-order valence-corrected chi connectivity index (χ4v) is 2.19. The van der Waals surface area contributed by atoms with Crippen molar-refractivity contribution >= 4 is 11.6 Å². The van der Waals surface area contributed by atoms with Crippen molar-refractivity contribution in [2.75, 3.05) is 45.1 Å². The number of quaternary nitrogens is 1. The first-order valence-electron chi connectivity index (χ1n) is 6.81. The Hall–Kier alpha value is -1.59. The first kappa shape index (κ1) is 13.8. The molecule has 1 saturated heterocycles. The van der Waals surface area contributed by atoms with Crippen LogP contribution >= 0.6 is 0 Å². The molecular weight excluding hydrogens is 242 g/mol. The molecule has 0 bridgehead atoms. The monoisotopic (exact) mass is 264 g/mol. The first-order chi connectivity index (χ1) is 9.25. The first-order valence-corrected chi connectivity index (χ1v) is 6.81. The maximum Gasteiger partial charge on any atom is 0.251 e. The molecule has 1 heterocycles. The van der Waals surface area contributed by atoms with Crippen molar-refractivity contribution in [3.63, 3.8) is 0 Å². The van der Waals surface area contributed by atoms with Gasteiger partial charge in [-0.3, -0.25) is 4.79 Å². The largest absolute Gasteiger partial charge is 0.399 e. The van der Waals surface area contributed by atoms with Gasteiger partial charge in [0.25, 0.3) is 5.91 Å². The molecule has 0 atom stereocenters. The van der Waals surface area contributed by atoms with Gasteiger partial charge in [0, 0.05) is 24.2 Å². The van der Waals surface area contributed by atoms with Crippen molar-refractivity contribution in [3.8, 4) is 0 Å². The minimum absolute atomic E-state index is 0.0306. The lowest BCUT2D eigenvalue weighted by Gasteiger charge is -2.23. The van der Waals surface area contributed by atoms with Crippen molar-refractivity contribution in [1.29, 1.82) is 0 Å². The lowest BCUT2D eigenvalue weighted by Crippen LogP contribution is -3.14. The highest BCUT2D eigenvalue weighted by Crippen LogP contribution is 2.04. The van der Waals surface area contributed by atoms with Gasteiger partial charge in [-0.15, -0.1) is 0 Å². The number of ether oxygens (including phenoxy) is 1. The number of carbonyl (C=O) groups excluding carboxylic acids is 1. The summed E-state index contributed by atoms with van der Waals surface area (Å²) in [6.07, 6.45) is 0.996. The fourth-order valence-electron chi connectivity index (χ4n) is 2.19. The van der Waals surface area contributed by atoms with E-state index >= 15 is 0 Å². The molecule has 1 aliphatic rings. The third kappa shape index (κ3) is 4.54. The van der Waals surface area contributed by atoms with Crippen LogP contribution in [0.4, 0.5) is 5.69 Å². The fraction of sp³-hybridized carbons (Fsp3) is 0.500. The number of benzene rings is 1. The lowest BCUT2D eigenvalue weighted by atomic mass is 10.2. The van der Waals surface area contributed by atoms with Gasteiger partial charge in [-0.1, -0.05) is 0 Å². The summed E-state index contributed by atoms with van der Waals surface area (Å²) in [4.78, 5) is 13.4. The van der Waals surface area contributed by atoms with E-state index in [9.17, 15) is 4.79 Å². The average molecular weight is 264 g/mol. The molecule has 0 aromatic heterocycles. The minimum atomic E-state index is -0.0306. The SMILES string of the molecule is Nc1ccc(C(=O)NCCC[NH+]2CCOCC2)cc1. The van der Waals surface area contributed by atoms with E-state index in [2.05, 4.69) is 5.32 Å². The number of amides is 1. The predicted octanol–water partition coefficient (Wildman–Crippen LogP) is -0.696. The quantitative estimate of drug-likeness (QED) is 0.487. The molecule has 1 aromatic rings. The van der Waals surface area contributed by atoms with Gasteiger partial charge >= 0.3 is 0 Å². The van der Waals surface area contributed by atoms with Crippen LogP contribution in [-0.2, 0) is 4.74 Å². The molecule has 1 aliphatic heterocycles. The van der Waals surface area contributed by atoms with Crippen LogP contribution in [0.1, 0.15) is 16.8 Å². The number of nitrogens with two attached hydrogens (primary N) is 1. The Morgan fingerprint density at radius 1 is 1.26 bits per heavy atom. The van der Waals surface area contributed by atoms with Crippen molar-refractivity contribution in [3.05, 3.63) is 29.8 Å². The second-order valence-electron chi connectivity index (χ2n) is 4.84. The van der Waals surface area contributed by atoms with Gasteiger partial charge in [-0.25, -0.2) is 0 Å². The van der Waals surface area contributed by atoms with Gasteiger partial charge in [-0.2, -0.15) is 0 Å². The molecular formula is C14H22N3O2+. The second kappa shape index (κ2) is 7.11. The Bertz CT molecular complexity index is 400. The van der Waals surface area contributed by atoms with Crippen LogP contribution < -0.4 is 16.0 Å². The molecule has 104 valence electrons. The van der Waals surface area contributed by atoms with Gasteiger partial charge in [0.15, 0.2) is 0 Å². The Morgan fingerprint density at radius 2 is 1.95 bits per heavy atom. The topological polar surface area (TPSA) is 68.8 Å². The summed E-state index contributed by atoms with van der Waals surface area (Å²) in [5.41, 5.74) is 6.92. The van der Waals surface area contributed by atoms with Crippen LogP contribution in [0.25, 0.3) is 0 Å². The number of hydrogen-bond acceptors (Lipinski definition) is 3. The summed E-state index contributed by atoms with van der Waals surface area (Å²) >= 11 is 0. The van der Waals surface area contributed by atoms with Crippen LogP contribution in [0.15, 0.2) is 24.3 Å². The van der Waals surface area contributed by atoms with E-state index in [1.165, 1.54) is 0 Å². The summed E-state index contributed by atoms with van der Waals surface area (Å²) in [6, 6.07) is 6.98. The number of anilines is 1. The van der Waals surface area contributed by atoms with E-state index in [1.54, 1.807) is 29.2 Å². The zero-order chi connectivity index (χ0) is 13.5. The molecule has 19 heavy (non-hydrogen) atoms.